The van der Waals surface area contributed by atoms with Crippen LogP contribution in [0.3, 0.4) is 0 Å². The van der Waals surface area contributed by atoms with Gasteiger partial charge in [0.15, 0.2) is 5.96 Å². The summed E-state index contributed by atoms with van der Waals surface area (Å²) in [6, 6.07) is 13.9. The van der Waals surface area contributed by atoms with Crippen LogP contribution in [-0.4, -0.2) is 43.2 Å². The van der Waals surface area contributed by atoms with Gasteiger partial charge in [0.2, 0.25) is 0 Å². The average Bonchev–Trinajstić information content (AvgIpc) is 2.67. The molecule has 0 atom stereocenters. The van der Waals surface area contributed by atoms with Crippen LogP contribution in [0.25, 0.3) is 0 Å². The molecule has 6 nitrogen and oxygen atoms in total. The van der Waals surface area contributed by atoms with E-state index in [9.17, 15) is 9.90 Å². The highest BCUT2D eigenvalue weighted by atomic mass is 127. The number of guanidine groups is 1. The Bertz CT molecular complexity index is 752. The first-order chi connectivity index (χ1) is 13.1. The molecule has 0 aromatic heterocycles. The van der Waals surface area contributed by atoms with Crippen molar-refractivity contribution in [3.05, 3.63) is 64.7 Å². The summed E-state index contributed by atoms with van der Waals surface area (Å²) < 4.78 is 0. The van der Waals surface area contributed by atoms with Crippen LogP contribution in [0, 0.1) is 0 Å². The standard InChI is InChI=1S/C20H25ClN4O2.HI/c1-2-22-20(24-12-11-15-3-7-17(21)8-4-15)25-14-13-23-19(27)16-5-9-18(26)10-6-16;/h3-10,26H,2,11-14H2,1H3,(H,23,27)(H2,22,24,25);1H. The molecule has 0 radical (unpaired) electrons. The number of nitrogens with one attached hydrogen (secondary N) is 3. The van der Waals surface area contributed by atoms with Crippen LogP contribution in [0.2, 0.25) is 5.02 Å². The highest BCUT2D eigenvalue weighted by molar-refractivity contribution is 14.0. The van der Waals surface area contributed by atoms with Crippen LogP contribution in [0.1, 0.15) is 22.8 Å². The van der Waals surface area contributed by atoms with Gasteiger partial charge in [-0.15, -0.1) is 24.0 Å². The van der Waals surface area contributed by atoms with Crippen LogP contribution in [-0.2, 0) is 6.42 Å². The Morgan fingerprint density at radius 3 is 2.29 bits per heavy atom. The predicted molar refractivity (Wildman–Crippen MR) is 125 cm³/mol. The summed E-state index contributed by atoms with van der Waals surface area (Å²) in [5.74, 6) is 0.671. The highest BCUT2D eigenvalue weighted by Crippen LogP contribution is 2.10. The second kappa shape index (κ2) is 13.2. The maximum absolute atomic E-state index is 12.0. The maximum Gasteiger partial charge on any atom is 0.251 e. The molecule has 0 aliphatic rings. The number of benzene rings is 2. The lowest BCUT2D eigenvalue weighted by molar-refractivity contribution is 0.0954. The molecule has 0 saturated carbocycles. The summed E-state index contributed by atoms with van der Waals surface area (Å²) in [5, 5.41) is 19.2. The number of halogens is 2. The van der Waals surface area contributed by atoms with Crippen molar-refractivity contribution in [2.24, 2.45) is 4.99 Å². The molecular formula is C20H26ClIN4O2. The maximum atomic E-state index is 12.0. The number of carbonyl (C=O) groups is 1. The molecule has 4 N–H and O–H groups in total. The van der Waals surface area contributed by atoms with E-state index in [1.54, 1.807) is 12.1 Å². The number of phenols is 1. The third-order valence-corrected chi connectivity index (χ3v) is 4.01. The summed E-state index contributed by atoms with van der Waals surface area (Å²) in [6.07, 6.45) is 0.825. The zero-order valence-electron chi connectivity index (χ0n) is 15.7. The van der Waals surface area contributed by atoms with Gasteiger partial charge in [-0.2, -0.15) is 0 Å². The first-order valence-corrected chi connectivity index (χ1v) is 9.30. The van der Waals surface area contributed by atoms with Crippen LogP contribution in [0.4, 0.5) is 0 Å². The molecule has 0 aliphatic carbocycles. The molecule has 0 spiro atoms. The molecule has 0 heterocycles. The zero-order chi connectivity index (χ0) is 19.5. The predicted octanol–water partition coefficient (Wildman–Crippen LogP) is 3.19. The Morgan fingerprint density at radius 1 is 1.00 bits per heavy atom. The Hall–Kier alpha value is -2.00. The molecule has 1 amide bonds. The third kappa shape index (κ3) is 8.79. The summed E-state index contributed by atoms with van der Waals surface area (Å²) in [4.78, 5) is 16.5. The van der Waals surface area contributed by atoms with Crippen molar-refractivity contribution in [1.29, 1.82) is 0 Å². The molecule has 2 aromatic rings. The van der Waals surface area contributed by atoms with Gasteiger partial charge < -0.3 is 21.1 Å². The van der Waals surface area contributed by atoms with Gasteiger partial charge in [-0.1, -0.05) is 23.7 Å². The molecule has 0 fully saturated rings. The van der Waals surface area contributed by atoms with E-state index < -0.39 is 0 Å². The summed E-state index contributed by atoms with van der Waals surface area (Å²) >= 11 is 5.89. The van der Waals surface area contributed by atoms with Crippen LogP contribution < -0.4 is 16.0 Å². The molecule has 0 bridgehead atoms. The molecule has 0 unspecified atom stereocenters. The molecular weight excluding hydrogens is 491 g/mol. The van der Waals surface area contributed by atoms with Gasteiger partial charge in [0.25, 0.3) is 5.91 Å². The Labute approximate surface area is 187 Å². The quantitative estimate of drug-likeness (QED) is 0.188. The van der Waals surface area contributed by atoms with Crippen LogP contribution in [0.5, 0.6) is 5.75 Å². The van der Waals surface area contributed by atoms with Gasteiger partial charge in [0.1, 0.15) is 5.75 Å². The summed E-state index contributed by atoms with van der Waals surface area (Å²) in [7, 11) is 0. The van der Waals surface area contributed by atoms with E-state index in [0.29, 0.717) is 31.2 Å². The minimum atomic E-state index is -0.179. The van der Waals surface area contributed by atoms with E-state index in [2.05, 4.69) is 20.9 Å². The van der Waals surface area contributed by atoms with E-state index in [1.165, 1.54) is 17.7 Å². The van der Waals surface area contributed by atoms with Gasteiger partial charge in [-0.05, 0) is 55.3 Å². The number of aromatic hydroxyl groups is 1. The minimum Gasteiger partial charge on any atom is -0.508 e. The SMILES string of the molecule is CCNC(=NCCc1ccc(Cl)cc1)NCCNC(=O)c1ccc(O)cc1.I. The smallest absolute Gasteiger partial charge is 0.251 e. The first kappa shape index (κ1) is 24.0. The Morgan fingerprint density at radius 2 is 1.64 bits per heavy atom. The van der Waals surface area contributed by atoms with Crippen molar-refractivity contribution in [1.82, 2.24) is 16.0 Å². The van der Waals surface area contributed by atoms with Crippen molar-refractivity contribution < 1.29 is 9.90 Å². The van der Waals surface area contributed by atoms with Crippen molar-refractivity contribution in [3.8, 4) is 5.75 Å². The van der Waals surface area contributed by atoms with Crippen molar-refractivity contribution in [3.63, 3.8) is 0 Å². The lowest BCUT2D eigenvalue weighted by Crippen LogP contribution is -2.41. The number of phenolic OH excluding ortho intramolecular Hbond substituents is 1. The lowest BCUT2D eigenvalue weighted by Gasteiger charge is -2.12. The normalized spacial score (nSPS) is 10.7. The number of rotatable bonds is 8. The largest absolute Gasteiger partial charge is 0.508 e. The second-order valence-corrected chi connectivity index (χ2v) is 6.30. The van der Waals surface area contributed by atoms with Gasteiger partial charge in [0, 0.05) is 36.8 Å². The topological polar surface area (TPSA) is 85.8 Å². The number of hydrogen-bond donors (Lipinski definition) is 4. The van der Waals surface area contributed by atoms with Crippen molar-refractivity contribution in [2.45, 2.75) is 13.3 Å². The summed E-state index contributed by atoms with van der Waals surface area (Å²) in [5.41, 5.74) is 1.69. The molecule has 152 valence electrons. The van der Waals surface area contributed by atoms with E-state index in [0.717, 1.165) is 18.0 Å². The molecule has 0 saturated heterocycles. The second-order valence-electron chi connectivity index (χ2n) is 5.87. The highest BCUT2D eigenvalue weighted by Gasteiger charge is 2.04. The van der Waals surface area contributed by atoms with Gasteiger partial charge in [-0.3, -0.25) is 9.79 Å². The number of amides is 1. The Kier molecular flexibility index (Phi) is 11.4. The monoisotopic (exact) mass is 516 g/mol. The number of carbonyl (C=O) groups excluding carboxylic acids is 1. The molecule has 2 aromatic carbocycles. The number of nitrogens with zero attached hydrogens (tertiary/aromatic N) is 1. The first-order valence-electron chi connectivity index (χ1n) is 8.92. The molecule has 28 heavy (non-hydrogen) atoms. The fraction of sp³-hybridized carbons (Fsp3) is 0.300. The van der Waals surface area contributed by atoms with Crippen LogP contribution >= 0.6 is 35.6 Å². The van der Waals surface area contributed by atoms with Gasteiger partial charge in [-0.25, -0.2) is 0 Å². The molecule has 2 rings (SSSR count). The number of hydrogen-bond acceptors (Lipinski definition) is 3. The van der Waals surface area contributed by atoms with Crippen LogP contribution in [0.15, 0.2) is 53.5 Å². The number of aliphatic imine (C=N–C) groups is 1. The third-order valence-electron chi connectivity index (χ3n) is 3.76. The van der Waals surface area contributed by atoms with E-state index in [4.69, 9.17) is 11.6 Å². The Balaban J connectivity index is 0.00000392. The fourth-order valence-corrected chi connectivity index (χ4v) is 2.49. The molecule has 0 aliphatic heterocycles. The fourth-order valence-electron chi connectivity index (χ4n) is 2.36. The van der Waals surface area contributed by atoms with Gasteiger partial charge in [0.05, 0.1) is 0 Å². The van der Waals surface area contributed by atoms with Crippen molar-refractivity contribution in [2.75, 3.05) is 26.2 Å². The minimum absolute atomic E-state index is 0. The van der Waals surface area contributed by atoms with E-state index in [1.807, 2.05) is 31.2 Å². The average molecular weight is 517 g/mol. The van der Waals surface area contributed by atoms with E-state index in [-0.39, 0.29) is 35.6 Å². The molecule has 8 heteroatoms. The van der Waals surface area contributed by atoms with Crippen molar-refractivity contribution >= 4 is 47.4 Å². The lowest BCUT2D eigenvalue weighted by atomic mass is 10.1. The summed E-state index contributed by atoms with van der Waals surface area (Å²) in [6.45, 7) is 4.42. The van der Waals surface area contributed by atoms with Gasteiger partial charge >= 0.3 is 0 Å². The van der Waals surface area contributed by atoms with E-state index >= 15 is 0 Å². The zero-order valence-corrected chi connectivity index (χ0v) is 18.8.